The predicted molar refractivity (Wildman–Crippen MR) is 176 cm³/mol. The van der Waals surface area contributed by atoms with E-state index >= 15 is 0 Å². The highest BCUT2D eigenvalue weighted by atomic mass is 16.2. The number of anilines is 2. The molecule has 0 heterocycles. The molecule has 0 saturated heterocycles. The lowest BCUT2D eigenvalue weighted by Gasteiger charge is -2.24. The third kappa shape index (κ3) is 11.0. The fraction of sp³-hybridized carbons (Fsp3) is 0.250. The molecule has 46 heavy (non-hydrogen) atoms. The molecule has 0 spiro atoms. The molecular weight excluding hydrogens is 588 g/mol. The first-order valence-corrected chi connectivity index (χ1v) is 14.5. The van der Waals surface area contributed by atoms with Crippen LogP contribution in [0.4, 0.5) is 11.4 Å². The highest BCUT2D eigenvalue weighted by Crippen LogP contribution is 2.16. The minimum absolute atomic E-state index is 0.0219. The molecule has 0 aliphatic rings. The fourth-order valence-electron chi connectivity index (χ4n) is 4.57. The fourth-order valence-corrected chi connectivity index (χ4v) is 4.57. The first-order valence-electron chi connectivity index (χ1n) is 14.5. The first-order chi connectivity index (χ1) is 21.9. The van der Waals surface area contributed by atoms with Gasteiger partial charge in [0, 0.05) is 29.9 Å². The normalized spacial score (nSPS) is 12.5. The van der Waals surface area contributed by atoms with Gasteiger partial charge in [-0.15, -0.1) is 0 Å². The van der Waals surface area contributed by atoms with E-state index in [0.29, 0.717) is 34.5 Å². The number of nitrogens with one attached hydrogen (secondary N) is 6. The zero-order valence-corrected chi connectivity index (χ0v) is 25.2. The molecule has 14 N–H and O–H groups in total. The summed E-state index contributed by atoms with van der Waals surface area (Å²) in [6.45, 7) is 0.284. The minimum atomic E-state index is -1.27. The van der Waals surface area contributed by atoms with Crippen molar-refractivity contribution < 1.29 is 19.2 Å². The lowest BCUT2D eigenvalue weighted by molar-refractivity contribution is -0.136. The number of carbonyl (C=O) groups is 4. The molecule has 14 heteroatoms. The molecule has 3 rings (SSSR count). The Hall–Kier alpha value is -5.92. The van der Waals surface area contributed by atoms with Gasteiger partial charge in [-0.3, -0.25) is 30.0 Å². The minimum Gasteiger partial charge on any atom is -0.399 e. The van der Waals surface area contributed by atoms with Crippen molar-refractivity contribution in [2.75, 3.05) is 17.6 Å². The average Bonchev–Trinajstić information content (AvgIpc) is 3.02. The van der Waals surface area contributed by atoms with Crippen molar-refractivity contribution in [2.24, 2.45) is 23.1 Å². The summed E-state index contributed by atoms with van der Waals surface area (Å²) < 4.78 is 0. The van der Waals surface area contributed by atoms with E-state index in [0.717, 1.165) is 0 Å². The van der Waals surface area contributed by atoms with Gasteiger partial charge in [0.05, 0.1) is 0 Å². The highest BCUT2D eigenvalue weighted by molar-refractivity contribution is 6.07. The molecule has 14 nitrogen and oxygen atoms in total. The van der Waals surface area contributed by atoms with E-state index in [9.17, 15) is 19.2 Å². The lowest BCUT2D eigenvalue weighted by Crippen LogP contribution is -2.55. The monoisotopic (exact) mass is 628 g/mol. The van der Waals surface area contributed by atoms with Crippen LogP contribution in [-0.4, -0.2) is 54.1 Å². The van der Waals surface area contributed by atoms with Crippen LogP contribution in [-0.2, 0) is 32.0 Å². The van der Waals surface area contributed by atoms with Crippen molar-refractivity contribution in [1.29, 1.82) is 10.8 Å². The third-order valence-electron chi connectivity index (χ3n) is 7.08. The first kappa shape index (κ1) is 34.6. The standard InChI is InChI=1S/C32H40N10O4/c33-22-14-10-20(11-15-22)18-26(31(46)41-25(28(36)43)7-4-16-39-32(37)38)42-30(45)24(29(44)40-23-5-2-1-3-6-23)17-19-8-12-21(13-9-19)27(34)35/h1-3,5-6,8-15,24-26H,4,7,16-18,33H2,(H3,34,35)(H2,36,43)(H,40,44)(H,41,46)(H,42,45)(H4,37,38,39)/t24?,25-,26-/m0/s1. The Bertz CT molecular complexity index is 1530. The number of nitrogen functional groups attached to an aromatic ring is 2. The summed E-state index contributed by atoms with van der Waals surface area (Å²) in [5.74, 6) is -4.39. The van der Waals surface area contributed by atoms with Crippen LogP contribution in [0.1, 0.15) is 29.5 Å². The van der Waals surface area contributed by atoms with E-state index in [4.69, 9.17) is 33.8 Å². The SMILES string of the molecule is N=C(N)NCCC[C@H](NC(=O)[C@H](Cc1ccc(N)cc1)NC(=O)C(Cc1ccc(C(=N)N)cc1)C(=O)Nc1ccccc1)C(N)=O. The molecule has 3 aromatic carbocycles. The van der Waals surface area contributed by atoms with Gasteiger partial charge in [0.15, 0.2) is 5.96 Å². The molecule has 242 valence electrons. The summed E-state index contributed by atoms with van der Waals surface area (Å²) in [4.78, 5) is 53.1. The van der Waals surface area contributed by atoms with E-state index in [2.05, 4.69) is 21.3 Å². The van der Waals surface area contributed by atoms with E-state index in [1.54, 1.807) is 78.9 Å². The van der Waals surface area contributed by atoms with Crippen LogP contribution in [0.3, 0.4) is 0 Å². The number of benzene rings is 3. The smallest absolute Gasteiger partial charge is 0.243 e. The number of primary amides is 1. The average molecular weight is 629 g/mol. The number of hydrogen-bond donors (Lipinski definition) is 10. The number of rotatable bonds is 16. The van der Waals surface area contributed by atoms with Gasteiger partial charge in [0.2, 0.25) is 23.6 Å². The third-order valence-corrected chi connectivity index (χ3v) is 7.08. The van der Waals surface area contributed by atoms with E-state index < -0.39 is 41.6 Å². The van der Waals surface area contributed by atoms with Gasteiger partial charge in [-0.1, -0.05) is 54.6 Å². The van der Waals surface area contributed by atoms with Crippen LogP contribution in [0.5, 0.6) is 0 Å². The second kappa shape index (κ2) is 16.8. The highest BCUT2D eigenvalue weighted by Gasteiger charge is 2.32. The van der Waals surface area contributed by atoms with Crippen molar-refractivity contribution in [1.82, 2.24) is 16.0 Å². The molecule has 3 aromatic rings. The summed E-state index contributed by atoms with van der Waals surface area (Å²) in [5.41, 5.74) is 25.0. The van der Waals surface area contributed by atoms with Crippen molar-refractivity contribution in [3.05, 3.63) is 95.6 Å². The van der Waals surface area contributed by atoms with Crippen molar-refractivity contribution in [3.8, 4) is 0 Å². The maximum atomic E-state index is 13.9. The van der Waals surface area contributed by atoms with Crippen LogP contribution in [0.15, 0.2) is 78.9 Å². The van der Waals surface area contributed by atoms with Crippen LogP contribution in [0.2, 0.25) is 0 Å². The number of guanidine groups is 1. The zero-order valence-electron chi connectivity index (χ0n) is 25.2. The van der Waals surface area contributed by atoms with Crippen molar-refractivity contribution in [2.45, 2.75) is 37.8 Å². The van der Waals surface area contributed by atoms with Gasteiger partial charge < -0.3 is 44.2 Å². The van der Waals surface area contributed by atoms with Crippen LogP contribution in [0, 0.1) is 16.7 Å². The van der Waals surface area contributed by atoms with E-state index in [-0.39, 0.29) is 37.6 Å². The lowest BCUT2D eigenvalue weighted by atomic mass is 9.95. The molecule has 0 aromatic heterocycles. The summed E-state index contributed by atoms with van der Waals surface area (Å²) >= 11 is 0. The maximum Gasteiger partial charge on any atom is 0.243 e. The molecule has 4 amide bonds. The van der Waals surface area contributed by atoms with Crippen molar-refractivity contribution >= 4 is 46.8 Å². The van der Waals surface area contributed by atoms with E-state index in [1.165, 1.54) is 0 Å². The van der Waals surface area contributed by atoms with E-state index in [1.807, 2.05) is 0 Å². The summed E-state index contributed by atoms with van der Waals surface area (Å²) in [6, 6.07) is 19.7. The number of amidine groups is 1. The largest absolute Gasteiger partial charge is 0.399 e. The number of nitrogens with two attached hydrogens (primary N) is 4. The Morgan fingerprint density at radius 2 is 1.28 bits per heavy atom. The molecule has 3 atom stereocenters. The van der Waals surface area contributed by atoms with Gasteiger partial charge >= 0.3 is 0 Å². The number of hydrogen-bond acceptors (Lipinski definition) is 7. The molecule has 0 radical (unpaired) electrons. The Morgan fingerprint density at radius 1 is 0.696 bits per heavy atom. The molecule has 0 fully saturated rings. The quantitative estimate of drug-likeness (QED) is 0.0346. The molecule has 1 unspecified atom stereocenters. The topological polar surface area (TPSA) is 268 Å². The molecule has 0 aliphatic carbocycles. The number of amides is 4. The maximum absolute atomic E-state index is 13.9. The van der Waals surface area contributed by atoms with Gasteiger partial charge in [0.25, 0.3) is 0 Å². The Morgan fingerprint density at radius 3 is 1.87 bits per heavy atom. The Balaban J connectivity index is 1.87. The Labute approximate surface area is 266 Å². The second-order valence-electron chi connectivity index (χ2n) is 10.7. The van der Waals surface area contributed by atoms with Crippen LogP contribution >= 0.6 is 0 Å². The molecule has 0 aliphatic heterocycles. The van der Waals surface area contributed by atoms with Gasteiger partial charge in [-0.2, -0.15) is 0 Å². The second-order valence-corrected chi connectivity index (χ2v) is 10.7. The van der Waals surface area contributed by atoms with Crippen LogP contribution in [0.25, 0.3) is 0 Å². The summed E-state index contributed by atoms with van der Waals surface area (Å²) in [5, 5.41) is 25.6. The Kier molecular flexibility index (Phi) is 12.6. The zero-order chi connectivity index (χ0) is 33.6. The van der Waals surface area contributed by atoms with Crippen LogP contribution < -0.4 is 44.2 Å². The number of carbonyl (C=O) groups excluding carboxylic acids is 4. The van der Waals surface area contributed by atoms with Gasteiger partial charge in [-0.05, 0) is 54.7 Å². The van der Waals surface area contributed by atoms with Gasteiger partial charge in [-0.25, -0.2) is 0 Å². The summed E-state index contributed by atoms with van der Waals surface area (Å²) in [6.07, 6.45) is 0.524. The van der Waals surface area contributed by atoms with Gasteiger partial charge in [0.1, 0.15) is 23.8 Å². The summed E-state index contributed by atoms with van der Waals surface area (Å²) in [7, 11) is 0. The number of para-hydroxylation sites is 1. The molecular formula is C32H40N10O4. The molecule has 0 bridgehead atoms. The molecule has 0 saturated carbocycles. The predicted octanol–water partition coefficient (Wildman–Crippen LogP) is 0.311. The van der Waals surface area contributed by atoms with Crippen molar-refractivity contribution in [3.63, 3.8) is 0 Å².